The van der Waals surface area contributed by atoms with E-state index in [1.54, 1.807) is 12.4 Å². The zero-order chi connectivity index (χ0) is 13.9. The molecule has 20 heavy (non-hydrogen) atoms. The molecular weight excluding hydrogens is 250 g/mol. The number of benzene rings is 1. The van der Waals surface area contributed by atoms with Gasteiger partial charge in [-0.25, -0.2) is 0 Å². The maximum absolute atomic E-state index is 5.93. The third-order valence-electron chi connectivity index (χ3n) is 3.11. The van der Waals surface area contributed by atoms with Gasteiger partial charge >= 0.3 is 0 Å². The number of nitrogens with zero attached hydrogens (tertiary/aromatic N) is 2. The number of pyridine rings is 2. The van der Waals surface area contributed by atoms with Gasteiger partial charge in [0.2, 0.25) is 0 Å². The van der Waals surface area contributed by atoms with E-state index in [-0.39, 0.29) is 0 Å². The fraction of sp³-hybridized carbons (Fsp3) is 0.125. The summed E-state index contributed by atoms with van der Waals surface area (Å²) >= 11 is 0. The van der Waals surface area contributed by atoms with Crippen molar-refractivity contribution in [1.29, 1.82) is 0 Å². The Hall–Kier alpha value is -2.46. The van der Waals surface area contributed by atoms with Crippen LogP contribution in [0.15, 0.2) is 48.8 Å². The van der Waals surface area contributed by atoms with E-state index in [4.69, 9.17) is 10.5 Å². The van der Waals surface area contributed by atoms with Gasteiger partial charge in [-0.1, -0.05) is 6.07 Å². The van der Waals surface area contributed by atoms with Gasteiger partial charge in [0.15, 0.2) is 0 Å². The molecule has 2 aromatic heterocycles. The molecule has 2 N–H and O–H groups in total. The van der Waals surface area contributed by atoms with Crippen LogP contribution in [0.2, 0.25) is 0 Å². The van der Waals surface area contributed by atoms with Crippen LogP contribution in [0, 0.1) is 6.92 Å². The summed E-state index contributed by atoms with van der Waals surface area (Å²) in [5.74, 6) is 1.49. The largest absolute Gasteiger partial charge is 0.457 e. The van der Waals surface area contributed by atoms with Gasteiger partial charge in [-0.3, -0.25) is 9.97 Å². The van der Waals surface area contributed by atoms with Crippen molar-refractivity contribution in [1.82, 2.24) is 9.97 Å². The van der Waals surface area contributed by atoms with Crippen molar-refractivity contribution in [2.24, 2.45) is 5.73 Å². The zero-order valence-electron chi connectivity index (χ0n) is 11.2. The monoisotopic (exact) mass is 265 g/mol. The van der Waals surface area contributed by atoms with Crippen molar-refractivity contribution in [3.05, 3.63) is 60.0 Å². The van der Waals surface area contributed by atoms with Gasteiger partial charge in [-0.2, -0.15) is 0 Å². The second kappa shape index (κ2) is 5.27. The van der Waals surface area contributed by atoms with E-state index in [9.17, 15) is 0 Å². The van der Waals surface area contributed by atoms with Crippen molar-refractivity contribution in [2.45, 2.75) is 13.5 Å². The number of nitrogens with two attached hydrogens (primary N) is 1. The maximum Gasteiger partial charge on any atom is 0.135 e. The van der Waals surface area contributed by atoms with Gasteiger partial charge in [0, 0.05) is 47.7 Å². The average Bonchev–Trinajstić information content (AvgIpc) is 2.47. The molecule has 0 fully saturated rings. The summed E-state index contributed by atoms with van der Waals surface area (Å²) in [6.45, 7) is 2.32. The topological polar surface area (TPSA) is 61.0 Å². The molecule has 4 nitrogen and oxygen atoms in total. The minimum atomic E-state index is 0.397. The number of rotatable bonds is 3. The Morgan fingerprint density at radius 3 is 2.90 bits per heavy atom. The number of hydrogen-bond donors (Lipinski definition) is 1. The second-order valence-electron chi connectivity index (χ2n) is 4.60. The third kappa shape index (κ3) is 2.46. The highest BCUT2D eigenvalue weighted by Crippen LogP contribution is 2.27. The Bertz CT molecular complexity index is 756. The van der Waals surface area contributed by atoms with Crippen LogP contribution in [-0.4, -0.2) is 9.97 Å². The maximum atomic E-state index is 5.93. The van der Waals surface area contributed by atoms with E-state index in [0.29, 0.717) is 6.54 Å². The molecule has 3 rings (SSSR count). The standard InChI is InChI=1S/C16H15N3O/c1-11-7-16(13(9-17)10-19-11)20-14-5-4-12-3-2-6-18-15(12)8-14/h2-8,10H,9,17H2,1H3. The Balaban J connectivity index is 1.98. The fourth-order valence-corrected chi connectivity index (χ4v) is 2.05. The first-order valence-electron chi connectivity index (χ1n) is 6.44. The predicted molar refractivity (Wildman–Crippen MR) is 78.7 cm³/mol. The van der Waals surface area contributed by atoms with Crippen LogP contribution < -0.4 is 10.5 Å². The number of aromatic nitrogens is 2. The SMILES string of the molecule is Cc1cc(Oc2ccc3cccnc3c2)c(CN)cn1. The number of fused-ring (bicyclic) bond motifs is 1. The van der Waals surface area contributed by atoms with Crippen LogP contribution in [0.5, 0.6) is 11.5 Å². The minimum Gasteiger partial charge on any atom is -0.457 e. The number of aryl methyl sites for hydroxylation is 1. The molecule has 1 aromatic carbocycles. The summed E-state index contributed by atoms with van der Waals surface area (Å²) in [4.78, 5) is 8.56. The summed E-state index contributed by atoms with van der Waals surface area (Å²) in [5, 5.41) is 1.09. The molecule has 0 spiro atoms. The van der Waals surface area contributed by atoms with Crippen LogP contribution in [0.25, 0.3) is 10.9 Å². The smallest absolute Gasteiger partial charge is 0.135 e. The summed E-state index contributed by atoms with van der Waals surface area (Å²) in [6, 6.07) is 11.7. The fourth-order valence-electron chi connectivity index (χ4n) is 2.05. The Morgan fingerprint density at radius 1 is 1.15 bits per heavy atom. The highest BCUT2D eigenvalue weighted by atomic mass is 16.5. The lowest BCUT2D eigenvalue weighted by atomic mass is 10.2. The lowest BCUT2D eigenvalue weighted by molar-refractivity contribution is 0.475. The molecule has 0 aliphatic carbocycles. The quantitative estimate of drug-likeness (QED) is 0.790. The molecule has 0 amide bonds. The second-order valence-corrected chi connectivity index (χ2v) is 4.60. The van der Waals surface area contributed by atoms with Gasteiger partial charge in [-0.15, -0.1) is 0 Å². The van der Waals surface area contributed by atoms with E-state index >= 15 is 0 Å². The lowest BCUT2D eigenvalue weighted by Gasteiger charge is -2.11. The highest BCUT2D eigenvalue weighted by molar-refractivity contribution is 5.79. The van der Waals surface area contributed by atoms with E-state index in [1.165, 1.54) is 0 Å². The van der Waals surface area contributed by atoms with Crippen LogP contribution >= 0.6 is 0 Å². The molecule has 4 heteroatoms. The van der Waals surface area contributed by atoms with Crippen molar-refractivity contribution in [3.63, 3.8) is 0 Å². The van der Waals surface area contributed by atoms with Crippen molar-refractivity contribution >= 4 is 10.9 Å². The van der Waals surface area contributed by atoms with Gasteiger partial charge in [0.05, 0.1) is 5.52 Å². The van der Waals surface area contributed by atoms with Crippen LogP contribution in [0.3, 0.4) is 0 Å². The molecule has 0 radical (unpaired) electrons. The van der Waals surface area contributed by atoms with E-state index < -0.39 is 0 Å². The minimum absolute atomic E-state index is 0.397. The summed E-state index contributed by atoms with van der Waals surface area (Å²) in [6.07, 6.45) is 3.53. The Morgan fingerprint density at radius 2 is 2.05 bits per heavy atom. The molecule has 3 aromatic rings. The van der Waals surface area contributed by atoms with Gasteiger partial charge < -0.3 is 10.5 Å². The summed E-state index contributed by atoms with van der Waals surface area (Å²) in [7, 11) is 0. The van der Waals surface area contributed by atoms with E-state index in [0.717, 1.165) is 33.7 Å². The van der Waals surface area contributed by atoms with Crippen molar-refractivity contribution in [2.75, 3.05) is 0 Å². The zero-order valence-corrected chi connectivity index (χ0v) is 11.2. The molecule has 0 saturated carbocycles. The summed E-state index contributed by atoms with van der Waals surface area (Å²) in [5.41, 5.74) is 8.41. The molecule has 0 atom stereocenters. The lowest BCUT2D eigenvalue weighted by Crippen LogP contribution is -2.01. The van der Waals surface area contributed by atoms with Crippen molar-refractivity contribution in [3.8, 4) is 11.5 Å². The van der Waals surface area contributed by atoms with E-state index in [2.05, 4.69) is 9.97 Å². The molecule has 100 valence electrons. The van der Waals surface area contributed by atoms with Crippen LogP contribution in [0.1, 0.15) is 11.3 Å². The van der Waals surface area contributed by atoms with E-state index in [1.807, 2.05) is 43.3 Å². The normalized spacial score (nSPS) is 10.7. The van der Waals surface area contributed by atoms with Crippen LogP contribution in [-0.2, 0) is 6.54 Å². The van der Waals surface area contributed by atoms with Crippen molar-refractivity contribution < 1.29 is 4.74 Å². The number of hydrogen-bond acceptors (Lipinski definition) is 4. The van der Waals surface area contributed by atoms with Gasteiger partial charge in [-0.05, 0) is 25.1 Å². The Labute approximate surface area is 117 Å². The third-order valence-corrected chi connectivity index (χ3v) is 3.11. The van der Waals surface area contributed by atoms with Crippen LogP contribution in [0.4, 0.5) is 0 Å². The highest BCUT2D eigenvalue weighted by Gasteiger charge is 2.06. The van der Waals surface area contributed by atoms with Gasteiger partial charge in [0.25, 0.3) is 0 Å². The molecule has 0 saturated heterocycles. The Kier molecular flexibility index (Phi) is 3.31. The average molecular weight is 265 g/mol. The predicted octanol–water partition coefficient (Wildman–Crippen LogP) is 3.19. The molecule has 2 heterocycles. The first-order valence-corrected chi connectivity index (χ1v) is 6.44. The molecule has 0 bridgehead atoms. The first kappa shape index (κ1) is 12.6. The molecule has 0 unspecified atom stereocenters. The summed E-state index contributed by atoms with van der Waals surface area (Å²) < 4.78 is 5.93. The first-order chi connectivity index (χ1) is 9.76. The van der Waals surface area contributed by atoms with Gasteiger partial charge in [0.1, 0.15) is 11.5 Å². The molecule has 0 aliphatic heterocycles. The molecule has 0 aliphatic rings. The number of ether oxygens (including phenoxy) is 1. The molecular formula is C16H15N3O.